The van der Waals surface area contributed by atoms with Crippen molar-refractivity contribution in [2.75, 3.05) is 6.26 Å². The van der Waals surface area contributed by atoms with E-state index in [4.69, 9.17) is 5.73 Å². The summed E-state index contributed by atoms with van der Waals surface area (Å²) in [6, 6.07) is 10.3. The average molecular weight is 264 g/mol. The zero-order valence-corrected chi connectivity index (χ0v) is 10.5. The van der Waals surface area contributed by atoms with Crippen LogP contribution in [0, 0.1) is 0 Å². The fourth-order valence-corrected chi connectivity index (χ4v) is 2.87. The molecule has 0 bridgehead atoms. The Kier molecular flexibility index (Phi) is 2.96. The first-order valence-corrected chi connectivity index (χ1v) is 7.07. The molecule has 0 aliphatic heterocycles. The molecule has 5 nitrogen and oxygen atoms in total. The summed E-state index contributed by atoms with van der Waals surface area (Å²) in [5, 5.41) is -0.0822. The molecule has 0 aliphatic carbocycles. The maximum absolute atomic E-state index is 11.8. The molecule has 1 amide bonds. The molecule has 0 saturated heterocycles. The van der Waals surface area contributed by atoms with Crippen LogP contribution in [0.5, 0.6) is 0 Å². The molecule has 6 heteroatoms. The van der Waals surface area contributed by atoms with Gasteiger partial charge in [-0.2, -0.15) is 0 Å². The topological polar surface area (TPSA) is 82.2 Å². The Morgan fingerprint density at radius 3 is 2.28 bits per heavy atom. The number of carbonyl (C=O) groups is 1. The van der Waals surface area contributed by atoms with E-state index in [0.29, 0.717) is 5.69 Å². The number of hydrogen-bond acceptors (Lipinski definition) is 3. The summed E-state index contributed by atoms with van der Waals surface area (Å²) < 4.78 is 25.0. The quantitative estimate of drug-likeness (QED) is 0.897. The Morgan fingerprint density at radius 1 is 1.17 bits per heavy atom. The highest BCUT2D eigenvalue weighted by atomic mass is 32.2. The number of hydrogen-bond donors (Lipinski definition) is 1. The number of sulfone groups is 1. The smallest absolute Gasteiger partial charge is 0.251 e. The Morgan fingerprint density at radius 2 is 1.78 bits per heavy atom. The van der Waals surface area contributed by atoms with E-state index in [1.807, 2.05) is 6.07 Å². The third kappa shape index (κ3) is 2.14. The molecule has 18 heavy (non-hydrogen) atoms. The first-order valence-electron chi connectivity index (χ1n) is 5.18. The maximum Gasteiger partial charge on any atom is 0.251 e. The number of primary amides is 1. The maximum atomic E-state index is 11.8. The van der Waals surface area contributed by atoms with Gasteiger partial charge >= 0.3 is 0 Å². The zero-order chi connectivity index (χ0) is 13.3. The minimum atomic E-state index is -3.55. The number of para-hydroxylation sites is 1. The van der Waals surface area contributed by atoms with Crippen molar-refractivity contribution in [2.45, 2.75) is 5.03 Å². The van der Waals surface area contributed by atoms with Crippen molar-refractivity contribution in [3.05, 3.63) is 48.2 Å². The molecule has 0 aliphatic rings. The third-order valence-corrected chi connectivity index (χ3v) is 3.61. The molecule has 0 atom stereocenters. The van der Waals surface area contributed by atoms with Crippen LogP contribution in [0.25, 0.3) is 5.69 Å². The van der Waals surface area contributed by atoms with E-state index in [1.165, 1.54) is 16.8 Å². The number of aromatic nitrogens is 1. The number of rotatable bonds is 3. The van der Waals surface area contributed by atoms with Gasteiger partial charge < -0.3 is 10.3 Å². The third-order valence-electron chi connectivity index (χ3n) is 2.49. The van der Waals surface area contributed by atoms with Gasteiger partial charge in [-0.25, -0.2) is 8.42 Å². The molecule has 2 rings (SSSR count). The van der Waals surface area contributed by atoms with E-state index in [1.54, 1.807) is 24.3 Å². The predicted molar refractivity (Wildman–Crippen MR) is 67.4 cm³/mol. The highest BCUT2D eigenvalue weighted by molar-refractivity contribution is 7.90. The van der Waals surface area contributed by atoms with Gasteiger partial charge in [0.05, 0.1) is 5.56 Å². The number of nitrogens with two attached hydrogens (primary N) is 1. The van der Waals surface area contributed by atoms with Gasteiger partial charge in [-0.3, -0.25) is 4.79 Å². The minimum absolute atomic E-state index is 0.00125. The van der Waals surface area contributed by atoms with Crippen LogP contribution in [-0.4, -0.2) is 25.1 Å². The lowest BCUT2D eigenvalue weighted by molar-refractivity contribution is 0.0997. The van der Waals surface area contributed by atoms with Gasteiger partial charge in [0.15, 0.2) is 14.9 Å². The monoisotopic (exact) mass is 264 g/mol. The molecule has 0 unspecified atom stereocenters. The van der Waals surface area contributed by atoms with E-state index in [9.17, 15) is 13.2 Å². The summed E-state index contributed by atoms with van der Waals surface area (Å²) in [7, 11) is -3.55. The second-order valence-electron chi connectivity index (χ2n) is 3.88. The van der Waals surface area contributed by atoms with E-state index < -0.39 is 15.7 Å². The van der Waals surface area contributed by atoms with Crippen LogP contribution in [0.1, 0.15) is 10.4 Å². The van der Waals surface area contributed by atoms with E-state index in [-0.39, 0.29) is 10.6 Å². The molecular weight excluding hydrogens is 252 g/mol. The predicted octanol–water partition coefficient (Wildman–Crippen LogP) is 0.980. The van der Waals surface area contributed by atoms with Crippen molar-refractivity contribution >= 4 is 15.7 Å². The average Bonchev–Trinajstić information content (AvgIpc) is 2.74. The Bertz CT molecular complexity index is 687. The second kappa shape index (κ2) is 4.30. The summed E-state index contributed by atoms with van der Waals surface area (Å²) in [4.78, 5) is 11.3. The highest BCUT2D eigenvalue weighted by Crippen LogP contribution is 2.21. The van der Waals surface area contributed by atoms with Crippen molar-refractivity contribution in [3.8, 4) is 5.69 Å². The lowest BCUT2D eigenvalue weighted by atomic mass is 10.3. The molecule has 0 fully saturated rings. The number of amides is 1. The SMILES string of the molecule is CS(=O)(=O)c1c(C(N)=O)ccn1-c1ccccc1. The summed E-state index contributed by atoms with van der Waals surface area (Å²) in [6.07, 6.45) is 2.57. The van der Waals surface area contributed by atoms with Crippen LogP contribution in [0.4, 0.5) is 0 Å². The summed E-state index contributed by atoms with van der Waals surface area (Å²) in [5.74, 6) is -0.759. The molecular formula is C12H12N2O3S. The molecule has 94 valence electrons. The molecule has 0 saturated carbocycles. The first kappa shape index (κ1) is 12.4. The summed E-state index contributed by atoms with van der Waals surface area (Å²) >= 11 is 0. The van der Waals surface area contributed by atoms with Crippen LogP contribution in [0.15, 0.2) is 47.6 Å². The largest absolute Gasteiger partial charge is 0.366 e. The van der Waals surface area contributed by atoms with Crippen molar-refractivity contribution in [1.82, 2.24) is 4.57 Å². The first-order chi connectivity index (χ1) is 8.41. The second-order valence-corrected chi connectivity index (χ2v) is 5.81. The van der Waals surface area contributed by atoms with Gasteiger partial charge in [-0.15, -0.1) is 0 Å². The summed E-state index contributed by atoms with van der Waals surface area (Å²) in [5.41, 5.74) is 5.85. The van der Waals surface area contributed by atoms with Crippen molar-refractivity contribution in [2.24, 2.45) is 5.73 Å². The molecule has 2 N–H and O–H groups in total. The van der Waals surface area contributed by atoms with Crippen LogP contribution in [0.3, 0.4) is 0 Å². The Balaban J connectivity index is 2.75. The fourth-order valence-electron chi connectivity index (χ4n) is 1.78. The molecule has 1 aromatic heterocycles. The standard InChI is InChI=1S/C12H12N2O3S/c1-18(16,17)12-10(11(13)15)7-8-14(12)9-5-3-2-4-6-9/h2-8H,1H3,(H2,13,15). The lowest BCUT2D eigenvalue weighted by Gasteiger charge is -2.08. The number of carbonyl (C=O) groups excluding carboxylic acids is 1. The van der Waals surface area contributed by atoms with Gasteiger partial charge in [-0.1, -0.05) is 18.2 Å². The Labute approximate surface area is 105 Å². The van der Waals surface area contributed by atoms with Gasteiger partial charge in [0.1, 0.15) is 0 Å². The molecule has 0 spiro atoms. The van der Waals surface area contributed by atoms with Crippen molar-refractivity contribution in [3.63, 3.8) is 0 Å². The Hall–Kier alpha value is -2.08. The van der Waals surface area contributed by atoms with Gasteiger partial charge in [-0.05, 0) is 18.2 Å². The van der Waals surface area contributed by atoms with Crippen LogP contribution in [-0.2, 0) is 9.84 Å². The van der Waals surface area contributed by atoms with Crippen molar-refractivity contribution < 1.29 is 13.2 Å². The fraction of sp³-hybridized carbons (Fsp3) is 0.0833. The van der Waals surface area contributed by atoms with E-state index in [2.05, 4.69) is 0 Å². The van der Waals surface area contributed by atoms with Gasteiger partial charge in [0, 0.05) is 18.1 Å². The number of nitrogens with zero attached hydrogens (tertiary/aromatic N) is 1. The van der Waals surface area contributed by atoms with Crippen LogP contribution in [0.2, 0.25) is 0 Å². The molecule has 2 aromatic rings. The zero-order valence-electron chi connectivity index (χ0n) is 9.70. The van der Waals surface area contributed by atoms with Gasteiger partial charge in [0.25, 0.3) is 5.91 Å². The molecule has 0 radical (unpaired) electrons. The van der Waals surface area contributed by atoms with E-state index >= 15 is 0 Å². The number of benzene rings is 1. The van der Waals surface area contributed by atoms with Gasteiger partial charge in [0.2, 0.25) is 0 Å². The van der Waals surface area contributed by atoms with Crippen LogP contribution >= 0.6 is 0 Å². The highest BCUT2D eigenvalue weighted by Gasteiger charge is 2.22. The lowest BCUT2D eigenvalue weighted by Crippen LogP contribution is -2.16. The minimum Gasteiger partial charge on any atom is -0.366 e. The molecule has 1 aromatic carbocycles. The van der Waals surface area contributed by atoms with Crippen molar-refractivity contribution in [1.29, 1.82) is 0 Å². The molecule has 1 heterocycles. The van der Waals surface area contributed by atoms with E-state index in [0.717, 1.165) is 6.26 Å². The summed E-state index contributed by atoms with van der Waals surface area (Å²) in [6.45, 7) is 0. The van der Waals surface area contributed by atoms with Crippen LogP contribution < -0.4 is 5.73 Å². The normalized spacial score (nSPS) is 11.4.